The lowest BCUT2D eigenvalue weighted by molar-refractivity contribution is 0.201. The fourth-order valence-electron chi connectivity index (χ4n) is 2.02. The van der Waals surface area contributed by atoms with Crippen LogP contribution in [0, 0.1) is 0 Å². The smallest absolute Gasteiger partial charge is 0.0195 e. The van der Waals surface area contributed by atoms with Crippen molar-refractivity contribution in [2.75, 3.05) is 20.1 Å². The van der Waals surface area contributed by atoms with Gasteiger partial charge in [-0.05, 0) is 40.3 Å². The van der Waals surface area contributed by atoms with Crippen LogP contribution in [-0.4, -0.2) is 37.1 Å². The number of likely N-dealkylation sites (tertiary alicyclic amines) is 1. The van der Waals surface area contributed by atoms with Crippen molar-refractivity contribution in [2.45, 2.75) is 38.8 Å². The van der Waals surface area contributed by atoms with Gasteiger partial charge in [0, 0.05) is 18.6 Å². The maximum atomic E-state index is 3.22. The maximum Gasteiger partial charge on any atom is 0.0195 e. The average molecular weight is 156 g/mol. The van der Waals surface area contributed by atoms with Crippen LogP contribution in [0.15, 0.2) is 0 Å². The lowest BCUT2D eigenvalue weighted by Gasteiger charge is -2.28. The Morgan fingerprint density at radius 1 is 1.64 bits per heavy atom. The Balaban J connectivity index is 2.33. The Labute approximate surface area is 70.0 Å². The van der Waals surface area contributed by atoms with E-state index in [0.29, 0.717) is 6.04 Å². The third-order valence-corrected chi connectivity index (χ3v) is 2.67. The largest absolute Gasteiger partial charge is 0.318 e. The van der Waals surface area contributed by atoms with E-state index in [1.54, 1.807) is 0 Å². The van der Waals surface area contributed by atoms with E-state index in [1.165, 1.54) is 19.4 Å². The molecule has 0 aromatic rings. The van der Waals surface area contributed by atoms with Crippen LogP contribution >= 0.6 is 0 Å². The van der Waals surface area contributed by atoms with E-state index in [9.17, 15) is 0 Å². The van der Waals surface area contributed by atoms with Gasteiger partial charge in [0.15, 0.2) is 0 Å². The van der Waals surface area contributed by atoms with Crippen LogP contribution in [0.2, 0.25) is 0 Å². The minimum atomic E-state index is 0.706. The summed E-state index contributed by atoms with van der Waals surface area (Å²) in [5.74, 6) is 0. The fraction of sp³-hybridized carbons (Fsp3) is 1.00. The molecule has 0 aliphatic carbocycles. The summed E-state index contributed by atoms with van der Waals surface area (Å²) in [4.78, 5) is 2.59. The zero-order chi connectivity index (χ0) is 8.27. The molecule has 1 heterocycles. The summed E-state index contributed by atoms with van der Waals surface area (Å²) in [6.45, 7) is 7.05. The van der Waals surface area contributed by atoms with Crippen molar-refractivity contribution in [1.29, 1.82) is 0 Å². The van der Waals surface area contributed by atoms with Crippen LogP contribution in [0.5, 0.6) is 0 Å². The maximum absolute atomic E-state index is 3.22. The molecule has 1 aliphatic rings. The first-order valence-electron chi connectivity index (χ1n) is 4.66. The van der Waals surface area contributed by atoms with Gasteiger partial charge in [-0.2, -0.15) is 0 Å². The van der Waals surface area contributed by atoms with Crippen molar-refractivity contribution in [2.24, 2.45) is 0 Å². The van der Waals surface area contributed by atoms with E-state index in [2.05, 4.69) is 24.1 Å². The van der Waals surface area contributed by atoms with Crippen LogP contribution in [0.4, 0.5) is 0 Å². The zero-order valence-corrected chi connectivity index (χ0v) is 7.93. The van der Waals surface area contributed by atoms with Crippen LogP contribution in [0.1, 0.15) is 26.7 Å². The predicted molar refractivity (Wildman–Crippen MR) is 48.8 cm³/mol. The molecule has 0 spiro atoms. The van der Waals surface area contributed by atoms with E-state index in [4.69, 9.17) is 0 Å². The Hall–Kier alpha value is -0.0800. The van der Waals surface area contributed by atoms with Crippen molar-refractivity contribution in [3.63, 3.8) is 0 Å². The molecule has 2 nitrogen and oxygen atoms in total. The topological polar surface area (TPSA) is 15.3 Å². The molecule has 0 radical (unpaired) electrons. The number of nitrogens with zero attached hydrogens (tertiary/aromatic N) is 1. The van der Waals surface area contributed by atoms with Gasteiger partial charge in [0.05, 0.1) is 0 Å². The summed E-state index contributed by atoms with van der Waals surface area (Å²) < 4.78 is 0. The molecule has 0 aromatic heterocycles. The Morgan fingerprint density at radius 2 is 2.36 bits per heavy atom. The second kappa shape index (κ2) is 4.07. The predicted octanol–water partition coefficient (Wildman–Crippen LogP) is 1.08. The molecule has 0 amide bonds. The average Bonchev–Trinajstić information content (AvgIpc) is 2.36. The van der Waals surface area contributed by atoms with E-state index in [1.807, 2.05) is 7.05 Å². The van der Waals surface area contributed by atoms with Gasteiger partial charge in [-0.3, -0.25) is 4.90 Å². The molecule has 11 heavy (non-hydrogen) atoms. The lowest BCUT2D eigenvalue weighted by atomic mass is 10.2. The molecular formula is C9H20N2. The van der Waals surface area contributed by atoms with Crippen LogP contribution in [-0.2, 0) is 0 Å². The van der Waals surface area contributed by atoms with Gasteiger partial charge in [-0.25, -0.2) is 0 Å². The summed E-state index contributed by atoms with van der Waals surface area (Å²) in [5.41, 5.74) is 0. The van der Waals surface area contributed by atoms with Crippen molar-refractivity contribution in [3.05, 3.63) is 0 Å². The molecule has 1 fully saturated rings. The highest BCUT2D eigenvalue weighted by Crippen LogP contribution is 2.18. The van der Waals surface area contributed by atoms with Crippen LogP contribution in [0.25, 0.3) is 0 Å². The van der Waals surface area contributed by atoms with Gasteiger partial charge in [0.1, 0.15) is 0 Å². The molecule has 2 atom stereocenters. The van der Waals surface area contributed by atoms with Gasteiger partial charge in [0.2, 0.25) is 0 Å². The first-order chi connectivity index (χ1) is 5.25. The van der Waals surface area contributed by atoms with Crippen molar-refractivity contribution in [1.82, 2.24) is 10.2 Å². The van der Waals surface area contributed by atoms with E-state index in [0.717, 1.165) is 12.6 Å². The van der Waals surface area contributed by atoms with Crippen molar-refractivity contribution in [3.8, 4) is 0 Å². The van der Waals surface area contributed by atoms with E-state index < -0.39 is 0 Å². The van der Waals surface area contributed by atoms with Gasteiger partial charge < -0.3 is 5.32 Å². The van der Waals surface area contributed by atoms with E-state index in [-0.39, 0.29) is 0 Å². The third kappa shape index (κ3) is 2.17. The normalized spacial score (nSPS) is 29.2. The second-order valence-corrected chi connectivity index (χ2v) is 3.64. The molecule has 2 unspecified atom stereocenters. The van der Waals surface area contributed by atoms with Gasteiger partial charge >= 0.3 is 0 Å². The highest BCUT2D eigenvalue weighted by Gasteiger charge is 2.23. The number of likely N-dealkylation sites (N-methyl/N-ethyl adjacent to an activating group) is 1. The molecule has 0 saturated carbocycles. The minimum Gasteiger partial charge on any atom is -0.318 e. The molecule has 66 valence electrons. The van der Waals surface area contributed by atoms with Gasteiger partial charge in [0.25, 0.3) is 0 Å². The molecule has 1 aliphatic heterocycles. The third-order valence-electron chi connectivity index (χ3n) is 2.67. The summed E-state index contributed by atoms with van der Waals surface area (Å²) in [7, 11) is 2.03. The summed E-state index contributed by atoms with van der Waals surface area (Å²) >= 11 is 0. The van der Waals surface area contributed by atoms with Crippen LogP contribution < -0.4 is 5.32 Å². The first-order valence-corrected chi connectivity index (χ1v) is 4.66. The van der Waals surface area contributed by atoms with Crippen LogP contribution in [0.3, 0.4) is 0 Å². The minimum absolute atomic E-state index is 0.706. The fourth-order valence-corrected chi connectivity index (χ4v) is 2.02. The first kappa shape index (κ1) is 9.01. The highest BCUT2D eigenvalue weighted by molar-refractivity contribution is 4.80. The molecule has 1 N–H and O–H groups in total. The Bertz CT molecular complexity index is 114. The van der Waals surface area contributed by atoms with Crippen molar-refractivity contribution < 1.29 is 0 Å². The van der Waals surface area contributed by atoms with E-state index >= 15 is 0 Å². The quantitative estimate of drug-likeness (QED) is 0.658. The number of hydrogen-bond donors (Lipinski definition) is 1. The monoisotopic (exact) mass is 156 g/mol. The molecule has 0 aromatic carbocycles. The Kier molecular flexibility index (Phi) is 3.34. The summed E-state index contributed by atoms with van der Waals surface area (Å²) in [6, 6.07) is 1.51. The number of nitrogens with one attached hydrogen (secondary N) is 1. The SMILES string of the molecule is CNCC(C)N1CCCC1C. The molecular weight excluding hydrogens is 136 g/mol. The summed E-state index contributed by atoms with van der Waals surface area (Å²) in [5, 5.41) is 3.22. The van der Waals surface area contributed by atoms with Gasteiger partial charge in [-0.1, -0.05) is 0 Å². The number of rotatable bonds is 3. The standard InChI is InChI=1S/C9H20N2/c1-8-5-4-6-11(8)9(2)7-10-3/h8-10H,4-7H2,1-3H3. The Morgan fingerprint density at radius 3 is 2.82 bits per heavy atom. The second-order valence-electron chi connectivity index (χ2n) is 3.64. The highest BCUT2D eigenvalue weighted by atomic mass is 15.2. The molecule has 2 heteroatoms. The number of hydrogen-bond acceptors (Lipinski definition) is 2. The molecule has 1 saturated heterocycles. The zero-order valence-electron chi connectivity index (χ0n) is 7.93. The molecule has 1 rings (SSSR count). The molecule has 0 bridgehead atoms. The summed E-state index contributed by atoms with van der Waals surface area (Å²) in [6.07, 6.45) is 2.77. The lowest BCUT2D eigenvalue weighted by Crippen LogP contribution is -2.41. The van der Waals surface area contributed by atoms with Crippen molar-refractivity contribution >= 4 is 0 Å². The van der Waals surface area contributed by atoms with Gasteiger partial charge in [-0.15, -0.1) is 0 Å².